The van der Waals surface area contributed by atoms with E-state index in [0.717, 1.165) is 5.56 Å². The lowest BCUT2D eigenvalue weighted by atomic mass is 10.1. The Kier molecular flexibility index (Phi) is 4.27. The maximum absolute atomic E-state index is 12.6. The molecule has 3 rings (SSSR count). The molecule has 122 valence electrons. The van der Waals surface area contributed by atoms with Crippen molar-refractivity contribution in [3.05, 3.63) is 64.2 Å². The van der Waals surface area contributed by atoms with Crippen LogP contribution in [0.15, 0.2) is 48.0 Å². The van der Waals surface area contributed by atoms with E-state index in [0.29, 0.717) is 22.0 Å². The lowest BCUT2D eigenvalue weighted by Gasteiger charge is -2.15. The number of nitrogens with one attached hydrogen (secondary N) is 1. The van der Waals surface area contributed by atoms with Gasteiger partial charge in [-0.3, -0.25) is 15.0 Å². The molecule has 6 heteroatoms. The molecule has 1 fully saturated rings. The van der Waals surface area contributed by atoms with Crippen LogP contribution >= 0.6 is 11.6 Å². The van der Waals surface area contributed by atoms with Gasteiger partial charge < -0.3 is 4.74 Å². The van der Waals surface area contributed by atoms with Crippen LogP contribution < -0.4 is 15.2 Å². The van der Waals surface area contributed by atoms with Gasteiger partial charge in [-0.2, -0.15) is 0 Å². The monoisotopic (exact) mass is 342 g/mol. The maximum Gasteiger partial charge on any atom is 0.282 e. The largest absolute Gasteiger partial charge is 0.497 e. The van der Waals surface area contributed by atoms with Gasteiger partial charge in [0.15, 0.2) is 0 Å². The molecule has 5 nitrogen and oxygen atoms in total. The molecule has 0 unspecified atom stereocenters. The van der Waals surface area contributed by atoms with Gasteiger partial charge in [0.05, 0.1) is 12.8 Å². The van der Waals surface area contributed by atoms with Crippen molar-refractivity contribution in [2.75, 3.05) is 12.1 Å². The lowest BCUT2D eigenvalue weighted by Crippen LogP contribution is -2.35. The fourth-order valence-corrected chi connectivity index (χ4v) is 2.53. The summed E-state index contributed by atoms with van der Waals surface area (Å²) in [6.45, 7) is 1.87. The average Bonchev–Trinajstić information content (AvgIpc) is 2.86. The molecule has 0 bridgehead atoms. The second-order valence-corrected chi connectivity index (χ2v) is 5.76. The number of benzene rings is 2. The molecule has 2 aromatic carbocycles. The zero-order valence-corrected chi connectivity index (χ0v) is 13.9. The number of hydrogen-bond acceptors (Lipinski definition) is 3. The predicted molar refractivity (Wildman–Crippen MR) is 92.8 cm³/mol. The Bertz CT molecular complexity index is 861. The Morgan fingerprint density at radius 1 is 1.17 bits per heavy atom. The second-order valence-electron chi connectivity index (χ2n) is 5.35. The van der Waals surface area contributed by atoms with Crippen molar-refractivity contribution in [2.24, 2.45) is 0 Å². The summed E-state index contributed by atoms with van der Waals surface area (Å²) < 4.78 is 5.15. The Balaban J connectivity index is 1.93. The van der Waals surface area contributed by atoms with E-state index in [9.17, 15) is 9.59 Å². The Morgan fingerprint density at radius 2 is 1.96 bits per heavy atom. The first kappa shape index (κ1) is 16.1. The van der Waals surface area contributed by atoms with Gasteiger partial charge in [0.2, 0.25) is 0 Å². The van der Waals surface area contributed by atoms with Crippen molar-refractivity contribution in [2.45, 2.75) is 6.92 Å². The van der Waals surface area contributed by atoms with Crippen LogP contribution in [0.5, 0.6) is 5.75 Å². The molecule has 0 spiro atoms. The summed E-state index contributed by atoms with van der Waals surface area (Å²) in [5.41, 5.74) is 4.72. The minimum Gasteiger partial charge on any atom is -0.497 e. The highest BCUT2D eigenvalue weighted by molar-refractivity contribution is 6.33. The minimum atomic E-state index is -0.459. The van der Waals surface area contributed by atoms with E-state index >= 15 is 0 Å². The smallest absolute Gasteiger partial charge is 0.282 e. The number of anilines is 1. The molecule has 1 saturated heterocycles. The predicted octanol–water partition coefficient (Wildman–Crippen LogP) is 3.12. The second kappa shape index (κ2) is 6.37. The standard InChI is InChI=1S/C18H15ClN2O3/c1-11-6-7-13(10-16(11)19)21-18(23)15(17(22)20-21)9-12-4-3-5-14(8-12)24-2/h3-10H,1-2H3,(H,20,22)/b15-9+. The number of nitrogens with zero attached hydrogens (tertiary/aromatic N) is 1. The van der Waals surface area contributed by atoms with Crippen molar-refractivity contribution in [3.8, 4) is 5.75 Å². The number of ether oxygens (including phenoxy) is 1. The molecule has 0 saturated carbocycles. The highest BCUT2D eigenvalue weighted by atomic mass is 35.5. The van der Waals surface area contributed by atoms with Crippen molar-refractivity contribution < 1.29 is 14.3 Å². The molecule has 0 aliphatic carbocycles. The average molecular weight is 343 g/mol. The van der Waals surface area contributed by atoms with Crippen molar-refractivity contribution in [3.63, 3.8) is 0 Å². The quantitative estimate of drug-likeness (QED) is 0.688. The molecule has 2 amide bonds. The number of methoxy groups -OCH3 is 1. The molecule has 1 heterocycles. The van der Waals surface area contributed by atoms with Crippen LogP contribution in [0.2, 0.25) is 5.02 Å². The Morgan fingerprint density at radius 3 is 2.67 bits per heavy atom. The summed E-state index contributed by atoms with van der Waals surface area (Å²) in [6, 6.07) is 12.3. The normalized spacial score (nSPS) is 15.8. The number of hydrogen-bond donors (Lipinski definition) is 1. The number of carbonyl (C=O) groups excluding carboxylic acids is 2. The lowest BCUT2D eigenvalue weighted by molar-refractivity contribution is -0.117. The molecule has 24 heavy (non-hydrogen) atoms. The summed E-state index contributed by atoms with van der Waals surface area (Å²) in [6.07, 6.45) is 1.54. The number of rotatable bonds is 3. The summed E-state index contributed by atoms with van der Waals surface area (Å²) in [7, 11) is 1.56. The van der Waals surface area contributed by atoms with E-state index in [1.54, 1.807) is 49.6 Å². The molecule has 2 aromatic rings. The SMILES string of the molecule is COc1cccc(/C=C2\C(=O)NN(c3ccc(C)c(Cl)c3)C2=O)c1. The van der Waals surface area contributed by atoms with Crippen LogP contribution in [0.1, 0.15) is 11.1 Å². The van der Waals surface area contributed by atoms with E-state index in [1.807, 2.05) is 6.92 Å². The fraction of sp³-hybridized carbons (Fsp3) is 0.111. The third kappa shape index (κ3) is 2.98. The maximum atomic E-state index is 12.6. The van der Waals surface area contributed by atoms with Gasteiger partial charge in [-0.25, -0.2) is 5.01 Å². The van der Waals surface area contributed by atoms with E-state index in [2.05, 4.69) is 5.43 Å². The van der Waals surface area contributed by atoms with Gasteiger partial charge in [0, 0.05) is 5.02 Å². The minimum absolute atomic E-state index is 0.0555. The third-order valence-electron chi connectivity index (χ3n) is 3.71. The first-order valence-electron chi connectivity index (χ1n) is 7.27. The topological polar surface area (TPSA) is 58.6 Å². The van der Waals surface area contributed by atoms with Crippen LogP contribution in [0.3, 0.4) is 0 Å². The van der Waals surface area contributed by atoms with Crippen LogP contribution in [-0.2, 0) is 9.59 Å². The summed E-state index contributed by atoms with van der Waals surface area (Å²) in [5, 5.41) is 1.72. The summed E-state index contributed by atoms with van der Waals surface area (Å²) in [5.74, 6) is -0.236. The van der Waals surface area contributed by atoms with Crippen molar-refractivity contribution in [1.29, 1.82) is 0 Å². The number of amides is 2. The number of halogens is 1. The van der Waals surface area contributed by atoms with E-state index in [-0.39, 0.29) is 5.57 Å². The Labute approximate surface area is 144 Å². The highest BCUT2D eigenvalue weighted by Gasteiger charge is 2.34. The van der Waals surface area contributed by atoms with Crippen LogP contribution in [-0.4, -0.2) is 18.9 Å². The molecular weight excluding hydrogens is 328 g/mol. The number of aryl methyl sites for hydroxylation is 1. The van der Waals surface area contributed by atoms with Gasteiger partial charge in [-0.1, -0.05) is 29.8 Å². The van der Waals surface area contributed by atoms with E-state index in [4.69, 9.17) is 16.3 Å². The van der Waals surface area contributed by atoms with E-state index in [1.165, 1.54) is 11.1 Å². The van der Waals surface area contributed by atoms with Crippen LogP contribution in [0, 0.1) is 6.92 Å². The first-order valence-corrected chi connectivity index (χ1v) is 7.65. The molecule has 1 N–H and O–H groups in total. The van der Waals surface area contributed by atoms with E-state index < -0.39 is 11.8 Å². The zero-order chi connectivity index (χ0) is 17.3. The van der Waals surface area contributed by atoms with Crippen molar-refractivity contribution in [1.82, 2.24) is 5.43 Å². The molecule has 0 radical (unpaired) electrons. The summed E-state index contributed by atoms with van der Waals surface area (Å²) >= 11 is 6.10. The Hall–Kier alpha value is -2.79. The molecular formula is C18H15ClN2O3. The molecule has 0 aromatic heterocycles. The van der Waals surface area contributed by atoms with Gasteiger partial charge in [-0.15, -0.1) is 0 Å². The van der Waals surface area contributed by atoms with Crippen LogP contribution in [0.4, 0.5) is 5.69 Å². The first-order chi connectivity index (χ1) is 11.5. The molecule has 0 atom stereocenters. The molecule has 1 aliphatic heterocycles. The number of carbonyl (C=O) groups is 2. The third-order valence-corrected chi connectivity index (χ3v) is 4.12. The highest BCUT2D eigenvalue weighted by Crippen LogP contribution is 2.26. The van der Waals surface area contributed by atoms with Gasteiger partial charge in [0.25, 0.3) is 11.8 Å². The zero-order valence-electron chi connectivity index (χ0n) is 13.2. The van der Waals surface area contributed by atoms with Gasteiger partial charge >= 0.3 is 0 Å². The van der Waals surface area contributed by atoms with Crippen LogP contribution in [0.25, 0.3) is 6.08 Å². The summed E-state index contributed by atoms with van der Waals surface area (Å²) in [4.78, 5) is 24.7. The number of hydrazine groups is 1. The van der Waals surface area contributed by atoms with Gasteiger partial charge in [-0.05, 0) is 48.4 Å². The van der Waals surface area contributed by atoms with Gasteiger partial charge in [0.1, 0.15) is 11.3 Å². The van der Waals surface area contributed by atoms with Crippen molar-refractivity contribution >= 4 is 35.2 Å². The molecule has 1 aliphatic rings. The fourth-order valence-electron chi connectivity index (χ4n) is 2.36.